The van der Waals surface area contributed by atoms with Gasteiger partial charge in [0.1, 0.15) is 5.75 Å². The maximum absolute atomic E-state index is 9.68. The van der Waals surface area contributed by atoms with Gasteiger partial charge in [-0.25, -0.2) is 0 Å². The second kappa shape index (κ2) is 4.24. The topological polar surface area (TPSA) is 23.5 Å². The first-order chi connectivity index (χ1) is 8.24. The van der Waals surface area contributed by atoms with E-state index in [9.17, 15) is 5.11 Å². The van der Waals surface area contributed by atoms with Crippen molar-refractivity contribution in [1.82, 2.24) is 4.90 Å². The molecule has 2 saturated heterocycles. The minimum Gasteiger partial charge on any atom is -0.508 e. The summed E-state index contributed by atoms with van der Waals surface area (Å²) in [5.41, 5.74) is 2.93. The summed E-state index contributed by atoms with van der Waals surface area (Å²) in [6.45, 7) is 0. The van der Waals surface area contributed by atoms with Crippen LogP contribution in [0.2, 0.25) is 0 Å². The Morgan fingerprint density at radius 2 is 2.11 bits per heavy atom. The molecule has 98 valence electrons. The smallest absolute Gasteiger partial charge is 0.115 e. The summed E-state index contributed by atoms with van der Waals surface area (Å²) < 4.78 is 0. The van der Waals surface area contributed by atoms with Gasteiger partial charge in [-0.3, -0.25) is 0 Å². The first-order valence-electron chi connectivity index (χ1n) is 6.78. The van der Waals surface area contributed by atoms with Crippen molar-refractivity contribution in [1.29, 1.82) is 0 Å². The van der Waals surface area contributed by atoms with Gasteiger partial charge in [0.25, 0.3) is 0 Å². The highest BCUT2D eigenvalue weighted by atomic mass is 79.9. The lowest BCUT2D eigenvalue weighted by Crippen LogP contribution is -2.44. The molecule has 4 atom stereocenters. The molecule has 2 fully saturated rings. The molecule has 2 heterocycles. The van der Waals surface area contributed by atoms with E-state index in [1.54, 1.807) is 0 Å². The Balaban J connectivity index is 0.000001000. The van der Waals surface area contributed by atoms with Gasteiger partial charge < -0.3 is 10.0 Å². The third kappa shape index (κ3) is 1.56. The monoisotopic (exact) mass is 309 g/mol. The highest BCUT2D eigenvalue weighted by Crippen LogP contribution is 2.52. The Bertz CT molecular complexity index is 476. The van der Waals surface area contributed by atoms with E-state index in [0.29, 0.717) is 11.7 Å². The van der Waals surface area contributed by atoms with E-state index >= 15 is 0 Å². The average molecular weight is 310 g/mol. The van der Waals surface area contributed by atoms with E-state index in [1.807, 2.05) is 12.1 Å². The van der Waals surface area contributed by atoms with Crippen LogP contribution in [0.3, 0.4) is 0 Å². The second-order valence-corrected chi connectivity index (χ2v) is 6.06. The number of benzene rings is 1. The van der Waals surface area contributed by atoms with E-state index < -0.39 is 0 Å². The van der Waals surface area contributed by atoms with E-state index in [1.165, 1.54) is 36.8 Å². The van der Waals surface area contributed by atoms with Gasteiger partial charge in [-0.2, -0.15) is 0 Å². The first-order valence-corrected chi connectivity index (χ1v) is 6.78. The van der Waals surface area contributed by atoms with Crippen molar-refractivity contribution in [2.45, 2.75) is 43.7 Å². The SMILES string of the molecule is Br.CN1C2CCC1[C@H]1Cc3ccc(O)cc3[C@H]1C2. The lowest BCUT2D eigenvalue weighted by atomic mass is 9.81. The Morgan fingerprint density at radius 1 is 1.28 bits per heavy atom. The number of phenols is 1. The fourth-order valence-corrected chi connectivity index (χ4v) is 4.58. The van der Waals surface area contributed by atoms with Gasteiger partial charge in [0.2, 0.25) is 0 Å². The summed E-state index contributed by atoms with van der Waals surface area (Å²) in [7, 11) is 2.30. The molecule has 0 saturated carbocycles. The van der Waals surface area contributed by atoms with Crippen LogP contribution in [-0.2, 0) is 6.42 Å². The zero-order valence-electron chi connectivity index (χ0n) is 10.7. The van der Waals surface area contributed by atoms with E-state index in [4.69, 9.17) is 0 Å². The molecule has 2 bridgehead atoms. The maximum atomic E-state index is 9.68. The predicted molar refractivity (Wildman–Crippen MR) is 77.6 cm³/mol. The Hall–Kier alpha value is -0.540. The molecule has 0 amide bonds. The van der Waals surface area contributed by atoms with Crippen LogP contribution >= 0.6 is 17.0 Å². The largest absolute Gasteiger partial charge is 0.508 e. The zero-order valence-corrected chi connectivity index (χ0v) is 12.4. The number of halogens is 1. The highest BCUT2D eigenvalue weighted by molar-refractivity contribution is 8.93. The number of fused-ring (bicyclic) bond motifs is 6. The standard InChI is InChI=1S/C15H19NO.BrH/c1-16-10-3-5-15(16)14-6-9-2-4-11(17)8-12(9)13(14)7-10;/h2,4,8,10,13-15,17H,3,5-7H2,1H3;1H/t10?,13-,14+,15?;/m1./s1. The molecule has 1 aromatic rings. The number of piperidine rings is 1. The van der Waals surface area contributed by atoms with Gasteiger partial charge in [-0.15, -0.1) is 17.0 Å². The quantitative estimate of drug-likeness (QED) is 0.796. The second-order valence-electron chi connectivity index (χ2n) is 6.06. The van der Waals surface area contributed by atoms with Crippen molar-refractivity contribution in [2.24, 2.45) is 5.92 Å². The third-order valence-electron chi connectivity index (χ3n) is 5.42. The van der Waals surface area contributed by atoms with Crippen LogP contribution in [0.25, 0.3) is 0 Å². The molecule has 1 aliphatic carbocycles. The van der Waals surface area contributed by atoms with Crippen molar-refractivity contribution in [3.63, 3.8) is 0 Å². The fraction of sp³-hybridized carbons (Fsp3) is 0.600. The van der Waals surface area contributed by atoms with E-state index in [0.717, 1.165) is 18.0 Å². The summed E-state index contributed by atoms with van der Waals surface area (Å²) >= 11 is 0. The van der Waals surface area contributed by atoms with Crippen molar-refractivity contribution in [3.05, 3.63) is 29.3 Å². The summed E-state index contributed by atoms with van der Waals surface area (Å²) in [6, 6.07) is 7.57. The lowest BCUT2D eigenvalue weighted by molar-refractivity contribution is 0.109. The maximum Gasteiger partial charge on any atom is 0.115 e. The zero-order chi connectivity index (χ0) is 11.6. The molecule has 18 heavy (non-hydrogen) atoms. The van der Waals surface area contributed by atoms with Gasteiger partial charge in [0.05, 0.1) is 0 Å². The van der Waals surface area contributed by atoms with Gasteiger partial charge in [0.15, 0.2) is 0 Å². The van der Waals surface area contributed by atoms with Crippen LogP contribution in [0.4, 0.5) is 0 Å². The molecule has 4 rings (SSSR count). The number of rotatable bonds is 0. The molecule has 2 unspecified atom stereocenters. The van der Waals surface area contributed by atoms with Crippen molar-refractivity contribution < 1.29 is 5.11 Å². The molecule has 2 aliphatic heterocycles. The van der Waals surface area contributed by atoms with Crippen LogP contribution in [-0.4, -0.2) is 29.1 Å². The fourth-order valence-electron chi connectivity index (χ4n) is 4.58. The number of aromatic hydroxyl groups is 1. The highest BCUT2D eigenvalue weighted by Gasteiger charge is 2.48. The molecule has 0 radical (unpaired) electrons. The summed E-state index contributed by atoms with van der Waals surface area (Å²) in [5.74, 6) is 1.96. The summed E-state index contributed by atoms with van der Waals surface area (Å²) in [4.78, 5) is 2.62. The average Bonchev–Trinajstić information content (AvgIpc) is 2.77. The molecule has 0 spiro atoms. The minimum atomic E-state index is 0. The number of hydrogen-bond donors (Lipinski definition) is 1. The van der Waals surface area contributed by atoms with Gasteiger partial charge >= 0.3 is 0 Å². The predicted octanol–water partition coefficient (Wildman–Crippen LogP) is 3.09. The number of phenolic OH excluding ortho intramolecular Hbond substituents is 1. The van der Waals surface area contributed by atoms with Gasteiger partial charge in [-0.05, 0) is 67.8 Å². The van der Waals surface area contributed by atoms with Crippen molar-refractivity contribution in [3.8, 4) is 5.75 Å². The summed E-state index contributed by atoms with van der Waals surface area (Å²) in [6.07, 6.45) is 5.28. The lowest BCUT2D eigenvalue weighted by Gasteiger charge is -2.40. The number of nitrogens with zero attached hydrogens (tertiary/aromatic N) is 1. The minimum absolute atomic E-state index is 0. The van der Waals surface area contributed by atoms with Crippen LogP contribution in [0.15, 0.2) is 18.2 Å². The molecular weight excluding hydrogens is 290 g/mol. The molecular formula is C15H20BrNO. The van der Waals surface area contributed by atoms with Crippen LogP contribution in [0.5, 0.6) is 5.75 Å². The number of hydrogen-bond acceptors (Lipinski definition) is 2. The van der Waals surface area contributed by atoms with Gasteiger partial charge in [0, 0.05) is 12.1 Å². The molecule has 0 aromatic heterocycles. The van der Waals surface area contributed by atoms with Gasteiger partial charge in [-0.1, -0.05) is 6.07 Å². The van der Waals surface area contributed by atoms with E-state index in [2.05, 4.69) is 18.0 Å². The Morgan fingerprint density at radius 3 is 2.94 bits per heavy atom. The molecule has 1 N–H and O–H groups in total. The molecule has 1 aromatic carbocycles. The van der Waals surface area contributed by atoms with E-state index in [-0.39, 0.29) is 17.0 Å². The van der Waals surface area contributed by atoms with Crippen molar-refractivity contribution in [2.75, 3.05) is 7.05 Å². The third-order valence-corrected chi connectivity index (χ3v) is 5.42. The Labute approximate surface area is 119 Å². The Kier molecular flexibility index (Phi) is 2.94. The van der Waals surface area contributed by atoms with Crippen LogP contribution in [0, 0.1) is 5.92 Å². The molecule has 3 heteroatoms. The van der Waals surface area contributed by atoms with Crippen LogP contribution in [0.1, 0.15) is 36.3 Å². The van der Waals surface area contributed by atoms with Crippen molar-refractivity contribution >= 4 is 17.0 Å². The van der Waals surface area contributed by atoms with Crippen LogP contribution < -0.4 is 0 Å². The summed E-state index contributed by atoms with van der Waals surface area (Å²) in [5, 5.41) is 9.68. The normalized spacial score (nSPS) is 36.9. The first kappa shape index (κ1) is 12.5. The molecule has 3 aliphatic rings. The molecule has 2 nitrogen and oxygen atoms in total.